The number of aliphatic hydroxyl groups is 1. The van der Waals surface area contributed by atoms with E-state index in [2.05, 4.69) is 4.90 Å². The molecule has 8 heteroatoms. The van der Waals surface area contributed by atoms with Crippen LogP contribution in [0.5, 0.6) is 0 Å². The first-order valence-corrected chi connectivity index (χ1v) is 9.82. The van der Waals surface area contributed by atoms with E-state index < -0.39 is 17.7 Å². The topological polar surface area (TPSA) is 83.2 Å². The van der Waals surface area contributed by atoms with Gasteiger partial charge in [0.2, 0.25) is 0 Å². The minimum absolute atomic E-state index is 0.0225. The molecule has 7 nitrogen and oxygen atoms in total. The first-order valence-electron chi connectivity index (χ1n) is 9.44. The lowest BCUT2D eigenvalue weighted by atomic mass is 9.99. The number of carbonyl (C=O) groups is 2. The monoisotopic (exact) mass is 416 g/mol. The second-order valence-electron chi connectivity index (χ2n) is 6.97. The van der Waals surface area contributed by atoms with Gasteiger partial charge < -0.3 is 19.2 Å². The Bertz CT molecular complexity index is 917. The van der Waals surface area contributed by atoms with Crippen molar-refractivity contribution in [2.75, 3.05) is 39.4 Å². The number of halogens is 1. The van der Waals surface area contributed by atoms with Crippen LogP contribution in [-0.2, 0) is 14.3 Å². The summed E-state index contributed by atoms with van der Waals surface area (Å²) in [6.07, 6.45) is 1.49. The molecule has 0 bridgehead atoms. The lowest BCUT2D eigenvalue weighted by Gasteiger charge is -2.30. The number of aliphatic hydroxyl groups excluding tert-OH is 1. The van der Waals surface area contributed by atoms with E-state index in [0.29, 0.717) is 42.6 Å². The predicted molar refractivity (Wildman–Crippen MR) is 106 cm³/mol. The Kier molecular flexibility index (Phi) is 5.71. The van der Waals surface area contributed by atoms with Crippen molar-refractivity contribution in [3.63, 3.8) is 0 Å². The standard InChI is InChI=1S/C21H21ClN2O5/c22-15-5-3-14(4-6-15)19(25)17-18(16-2-1-11-29-16)24(21(27)20(17)26)8-7-23-9-12-28-13-10-23/h1-6,11,18,25H,7-10,12-13H2/b19-17+. The van der Waals surface area contributed by atoms with Gasteiger partial charge in [-0.05, 0) is 36.4 Å². The van der Waals surface area contributed by atoms with E-state index in [-0.39, 0.29) is 11.3 Å². The molecule has 2 fully saturated rings. The van der Waals surface area contributed by atoms with Gasteiger partial charge in [0.1, 0.15) is 17.6 Å². The summed E-state index contributed by atoms with van der Waals surface area (Å²) in [6.45, 7) is 3.80. The largest absolute Gasteiger partial charge is 0.507 e. The van der Waals surface area contributed by atoms with Crippen molar-refractivity contribution in [3.05, 3.63) is 64.6 Å². The Balaban J connectivity index is 1.68. The van der Waals surface area contributed by atoms with E-state index >= 15 is 0 Å². The summed E-state index contributed by atoms with van der Waals surface area (Å²) in [5, 5.41) is 11.4. The van der Waals surface area contributed by atoms with Crippen molar-refractivity contribution in [2.24, 2.45) is 0 Å². The maximum absolute atomic E-state index is 12.8. The van der Waals surface area contributed by atoms with Crippen LogP contribution in [0.3, 0.4) is 0 Å². The molecule has 1 unspecified atom stereocenters. The highest BCUT2D eigenvalue weighted by atomic mass is 35.5. The fourth-order valence-electron chi connectivity index (χ4n) is 3.69. The molecule has 152 valence electrons. The van der Waals surface area contributed by atoms with Crippen LogP contribution in [0.1, 0.15) is 17.4 Å². The van der Waals surface area contributed by atoms with Gasteiger partial charge in [0, 0.05) is 36.8 Å². The minimum Gasteiger partial charge on any atom is -0.507 e. The van der Waals surface area contributed by atoms with E-state index in [9.17, 15) is 14.7 Å². The summed E-state index contributed by atoms with van der Waals surface area (Å²) in [5.41, 5.74) is 0.436. The summed E-state index contributed by atoms with van der Waals surface area (Å²) in [6, 6.07) is 9.07. The molecule has 1 N–H and O–H groups in total. The number of Topliss-reactive ketones (excluding diaryl/α,β-unsaturated/α-hetero) is 1. The quantitative estimate of drug-likeness (QED) is 0.458. The number of furan rings is 1. The molecule has 1 aromatic carbocycles. The molecule has 0 radical (unpaired) electrons. The molecule has 2 saturated heterocycles. The van der Waals surface area contributed by atoms with Gasteiger partial charge in [-0.15, -0.1) is 0 Å². The maximum atomic E-state index is 12.8. The summed E-state index contributed by atoms with van der Waals surface area (Å²) in [5.74, 6) is -1.17. The zero-order chi connectivity index (χ0) is 20.4. The third-order valence-corrected chi connectivity index (χ3v) is 5.48. The molecular formula is C21H21ClN2O5. The zero-order valence-corrected chi connectivity index (χ0v) is 16.5. The number of morpholine rings is 1. The van der Waals surface area contributed by atoms with Crippen LogP contribution in [0.4, 0.5) is 0 Å². The normalized spacial score (nSPS) is 22.4. The molecule has 2 aromatic rings. The average Bonchev–Trinajstić information content (AvgIpc) is 3.35. The Labute approximate surface area is 173 Å². The fraction of sp³-hybridized carbons (Fsp3) is 0.333. The molecule has 0 aliphatic carbocycles. The second-order valence-corrected chi connectivity index (χ2v) is 7.41. The Morgan fingerprint density at radius 3 is 2.48 bits per heavy atom. The van der Waals surface area contributed by atoms with Crippen LogP contribution in [0.2, 0.25) is 5.02 Å². The van der Waals surface area contributed by atoms with Crippen molar-refractivity contribution in [2.45, 2.75) is 6.04 Å². The molecule has 3 heterocycles. The molecule has 0 spiro atoms. The highest BCUT2D eigenvalue weighted by molar-refractivity contribution is 6.46. The van der Waals surface area contributed by atoms with Crippen LogP contribution in [0, 0.1) is 0 Å². The lowest BCUT2D eigenvalue weighted by Crippen LogP contribution is -2.42. The van der Waals surface area contributed by atoms with Crippen molar-refractivity contribution in [3.8, 4) is 0 Å². The number of ketones is 1. The smallest absolute Gasteiger partial charge is 0.295 e. The highest BCUT2D eigenvalue weighted by Crippen LogP contribution is 2.39. The summed E-state index contributed by atoms with van der Waals surface area (Å²) in [7, 11) is 0. The molecule has 2 aliphatic heterocycles. The SMILES string of the molecule is O=C1C(=O)N(CCN2CCOCC2)C(c2ccco2)/C1=C(\O)c1ccc(Cl)cc1. The third kappa shape index (κ3) is 3.94. The van der Waals surface area contributed by atoms with E-state index in [1.54, 1.807) is 36.4 Å². The molecule has 1 atom stereocenters. The number of carbonyl (C=O) groups excluding carboxylic acids is 2. The predicted octanol–water partition coefficient (Wildman–Crippen LogP) is 2.69. The zero-order valence-electron chi connectivity index (χ0n) is 15.7. The van der Waals surface area contributed by atoms with Crippen molar-refractivity contribution < 1.29 is 23.8 Å². The fourth-order valence-corrected chi connectivity index (χ4v) is 3.82. The molecule has 1 aromatic heterocycles. The van der Waals surface area contributed by atoms with Crippen LogP contribution in [0.15, 0.2) is 52.7 Å². The summed E-state index contributed by atoms with van der Waals surface area (Å²) in [4.78, 5) is 29.3. The van der Waals surface area contributed by atoms with Gasteiger partial charge in [-0.2, -0.15) is 0 Å². The first-order chi connectivity index (χ1) is 14.1. The number of ether oxygens (including phenoxy) is 1. The summed E-state index contributed by atoms with van der Waals surface area (Å²) >= 11 is 5.92. The molecular weight excluding hydrogens is 396 g/mol. The van der Waals surface area contributed by atoms with Crippen LogP contribution in [0.25, 0.3) is 5.76 Å². The van der Waals surface area contributed by atoms with Crippen LogP contribution >= 0.6 is 11.6 Å². The maximum Gasteiger partial charge on any atom is 0.295 e. The number of benzene rings is 1. The van der Waals surface area contributed by atoms with Gasteiger partial charge in [0.05, 0.1) is 25.1 Å². The van der Waals surface area contributed by atoms with E-state index in [4.69, 9.17) is 20.8 Å². The molecule has 29 heavy (non-hydrogen) atoms. The lowest BCUT2D eigenvalue weighted by molar-refractivity contribution is -0.140. The number of nitrogens with zero attached hydrogens (tertiary/aromatic N) is 2. The Morgan fingerprint density at radius 2 is 1.83 bits per heavy atom. The van der Waals surface area contributed by atoms with Crippen molar-refractivity contribution in [1.82, 2.24) is 9.80 Å². The number of amides is 1. The Morgan fingerprint density at radius 1 is 1.10 bits per heavy atom. The van der Waals surface area contributed by atoms with Gasteiger partial charge in [-0.25, -0.2) is 0 Å². The average molecular weight is 417 g/mol. The van der Waals surface area contributed by atoms with E-state index in [0.717, 1.165) is 13.1 Å². The van der Waals surface area contributed by atoms with Gasteiger partial charge in [-0.1, -0.05) is 11.6 Å². The van der Waals surface area contributed by atoms with Crippen LogP contribution in [-0.4, -0.2) is 66.0 Å². The molecule has 0 saturated carbocycles. The second kappa shape index (κ2) is 8.41. The van der Waals surface area contributed by atoms with Crippen molar-refractivity contribution >= 4 is 29.1 Å². The van der Waals surface area contributed by atoms with Crippen LogP contribution < -0.4 is 0 Å². The van der Waals surface area contributed by atoms with Gasteiger partial charge in [-0.3, -0.25) is 14.5 Å². The first kappa shape index (κ1) is 19.7. The highest BCUT2D eigenvalue weighted by Gasteiger charge is 2.47. The molecule has 2 aliphatic rings. The van der Waals surface area contributed by atoms with E-state index in [1.165, 1.54) is 11.2 Å². The van der Waals surface area contributed by atoms with Gasteiger partial charge >= 0.3 is 0 Å². The number of hydrogen-bond donors (Lipinski definition) is 1. The number of hydrogen-bond acceptors (Lipinski definition) is 6. The summed E-state index contributed by atoms with van der Waals surface area (Å²) < 4.78 is 10.9. The van der Waals surface area contributed by atoms with Gasteiger partial charge in [0.15, 0.2) is 0 Å². The number of likely N-dealkylation sites (tertiary alicyclic amines) is 1. The minimum atomic E-state index is -0.776. The van der Waals surface area contributed by atoms with E-state index in [1.807, 2.05) is 0 Å². The Hall–Kier alpha value is -2.61. The molecule has 1 amide bonds. The third-order valence-electron chi connectivity index (χ3n) is 5.23. The molecule has 4 rings (SSSR count). The number of rotatable bonds is 5. The van der Waals surface area contributed by atoms with Gasteiger partial charge in [0.25, 0.3) is 11.7 Å². The van der Waals surface area contributed by atoms with Crippen molar-refractivity contribution in [1.29, 1.82) is 0 Å².